The monoisotopic (exact) mass is 743 g/mol. The molecule has 2 nitrogen and oxygen atoms in total. The molecule has 1 atom stereocenters. The van der Waals surface area contributed by atoms with Gasteiger partial charge in [0.25, 0.3) is 0 Å². The third-order valence-electron chi connectivity index (χ3n) is 11.7. The molecule has 58 heavy (non-hydrogen) atoms. The molecule has 0 spiro atoms. The van der Waals surface area contributed by atoms with Gasteiger partial charge in [-0.2, -0.15) is 0 Å². The number of allylic oxidation sites excluding steroid dienone is 5. The van der Waals surface area contributed by atoms with Crippen LogP contribution in [0, 0.1) is 0 Å². The molecule has 0 fully saturated rings. The number of furan rings is 1. The highest BCUT2D eigenvalue weighted by Crippen LogP contribution is 2.57. The zero-order chi connectivity index (χ0) is 39.1. The summed E-state index contributed by atoms with van der Waals surface area (Å²) in [4.78, 5) is 2.43. The minimum absolute atomic E-state index is 0.515. The molecule has 1 aromatic heterocycles. The van der Waals surface area contributed by atoms with Crippen molar-refractivity contribution < 1.29 is 4.42 Å². The number of para-hydroxylation sites is 2. The van der Waals surface area contributed by atoms with Gasteiger partial charge >= 0.3 is 0 Å². The molecule has 0 saturated heterocycles. The van der Waals surface area contributed by atoms with Crippen LogP contribution >= 0.6 is 0 Å². The van der Waals surface area contributed by atoms with E-state index in [-0.39, 0.29) is 0 Å². The van der Waals surface area contributed by atoms with Crippen LogP contribution in [-0.2, 0) is 5.41 Å². The van der Waals surface area contributed by atoms with Crippen LogP contribution in [0.5, 0.6) is 0 Å². The molecule has 10 rings (SSSR count). The van der Waals surface area contributed by atoms with Gasteiger partial charge in [-0.15, -0.1) is 0 Å². The molecule has 9 aromatic rings. The first kappa shape index (κ1) is 35.0. The van der Waals surface area contributed by atoms with E-state index in [1.165, 1.54) is 39.0 Å². The van der Waals surface area contributed by atoms with Gasteiger partial charge in [-0.05, 0) is 100.0 Å². The van der Waals surface area contributed by atoms with Crippen LogP contribution < -0.4 is 4.90 Å². The van der Waals surface area contributed by atoms with Gasteiger partial charge in [-0.3, -0.25) is 0 Å². The molecule has 0 radical (unpaired) electrons. The van der Waals surface area contributed by atoms with Crippen LogP contribution in [0.4, 0.5) is 17.1 Å². The standard InChI is InChI=1S/C56H41NO/c1-3-4-7-18-39(2)56(43-21-10-6-11-22-43)51-26-15-12-24-47(51)48-35-34-45(38-52(48)56)57(53-27-16-13-23-46(53)41-19-8-5-9-20-41)44-32-29-40(30-33-44)42-31-36-55-50(37-42)49-25-14-17-28-54(49)58-55/h3-38H,1H2,2H3/b7-4-,39-18+. The molecular weight excluding hydrogens is 703 g/mol. The van der Waals surface area contributed by atoms with Crippen molar-refractivity contribution in [1.82, 2.24) is 0 Å². The molecule has 1 aliphatic rings. The average molecular weight is 744 g/mol. The van der Waals surface area contributed by atoms with Crippen molar-refractivity contribution in [2.75, 3.05) is 4.90 Å². The summed E-state index contributed by atoms with van der Waals surface area (Å²) in [5.41, 5.74) is 16.7. The molecule has 0 amide bonds. The van der Waals surface area contributed by atoms with Gasteiger partial charge in [0.15, 0.2) is 0 Å². The summed E-state index contributed by atoms with van der Waals surface area (Å²) < 4.78 is 6.16. The quantitative estimate of drug-likeness (QED) is 0.137. The fraction of sp³-hybridized carbons (Fsp3) is 0.0357. The van der Waals surface area contributed by atoms with Crippen molar-refractivity contribution in [3.8, 4) is 33.4 Å². The SMILES string of the molecule is C=C/C=C\C=C(/C)C1(c2ccccc2)c2ccccc2-c2ccc(N(c3ccc(-c4ccc5oc6ccccc6c5c4)cc3)c3ccccc3-c3ccccc3)cc21. The Morgan fingerprint density at radius 1 is 0.500 bits per heavy atom. The van der Waals surface area contributed by atoms with Gasteiger partial charge in [0.1, 0.15) is 11.2 Å². The van der Waals surface area contributed by atoms with E-state index < -0.39 is 5.41 Å². The zero-order valence-electron chi connectivity index (χ0n) is 32.3. The second kappa shape index (κ2) is 14.6. The van der Waals surface area contributed by atoms with E-state index in [1.807, 2.05) is 24.3 Å². The summed E-state index contributed by atoms with van der Waals surface area (Å²) >= 11 is 0. The van der Waals surface area contributed by atoms with E-state index in [2.05, 4.69) is 213 Å². The Morgan fingerprint density at radius 2 is 1.14 bits per heavy atom. The second-order valence-corrected chi connectivity index (χ2v) is 14.9. The summed E-state index contributed by atoms with van der Waals surface area (Å²) in [7, 11) is 0. The van der Waals surface area contributed by atoms with Crippen molar-refractivity contribution in [2.45, 2.75) is 12.3 Å². The summed E-state index contributed by atoms with van der Waals surface area (Å²) in [6.45, 7) is 6.21. The molecule has 0 saturated carbocycles. The van der Waals surface area contributed by atoms with Crippen molar-refractivity contribution in [3.05, 3.63) is 247 Å². The van der Waals surface area contributed by atoms with Gasteiger partial charge < -0.3 is 9.32 Å². The predicted molar refractivity (Wildman–Crippen MR) is 244 cm³/mol. The third-order valence-corrected chi connectivity index (χ3v) is 11.7. The lowest BCUT2D eigenvalue weighted by molar-refractivity contribution is 0.669. The second-order valence-electron chi connectivity index (χ2n) is 14.9. The number of hydrogen-bond acceptors (Lipinski definition) is 2. The van der Waals surface area contributed by atoms with E-state index in [9.17, 15) is 0 Å². The first-order valence-electron chi connectivity index (χ1n) is 19.9. The number of nitrogens with zero attached hydrogens (tertiary/aromatic N) is 1. The molecule has 0 bridgehead atoms. The summed E-state index contributed by atoms with van der Waals surface area (Å²) in [5, 5.41) is 2.26. The molecule has 2 heteroatoms. The molecule has 8 aromatic carbocycles. The Balaban J connectivity index is 1.18. The Hall–Kier alpha value is -7.42. The van der Waals surface area contributed by atoms with Crippen LogP contribution in [0.25, 0.3) is 55.3 Å². The van der Waals surface area contributed by atoms with Gasteiger partial charge in [0.2, 0.25) is 0 Å². The Morgan fingerprint density at radius 3 is 1.95 bits per heavy atom. The van der Waals surface area contributed by atoms with Crippen LogP contribution in [0.15, 0.2) is 235 Å². The zero-order valence-corrected chi connectivity index (χ0v) is 32.3. The fourth-order valence-electron chi connectivity index (χ4n) is 9.13. The van der Waals surface area contributed by atoms with Gasteiger partial charge in [-0.25, -0.2) is 0 Å². The number of fused-ring (bicyclic) bond motifs is 6. The number of anilines is 3. The minimum atomic E-state index is -0.515. The fourth-order valence-corrected chi connectivity index (χ4v) is 9.13. The van der Waals surface area contributed by atoms with Crippen LogP contribution in [-0.4, -0.2) is 0 Å². The topological polar surface area (TPSA) is 16.4 Å². The number of hydrogen-bond donors (Lipinski definition) is 0. The van der Waals surface area contributed by atoms with E-state index in [4.69, 9.17) is 4.42 Å². The Bertz CT molecular complexity index is 3020. The predicted octanol–water partition coefficient (Wildman–Crippen LogP) is 15.4. The lowest BCUT2D eigenvalue weighted by Crippen LogP contribution is -2.28. The Labute approximate surface area is 340 Å². The normalized spacial score (nSPS) is 14.8. The maximum Gasteiger partial charge on any atom is 0.135 e. The van der Waals surface area contributed by atoms with E-state index in [0.29, 0.717) is 0 Å². The third kappa shape index (κ3) is 5.73. The van der Waals surface area contributed by atoms with Crippen molar-refractivity contribution >= 4 is 39.0 Å². The first-order chi connectivity index (χ1) is 28.6. The lowest BCUT2D eigenvalue weighted by atomic mass is 9.67. The number of benzene rings is 8. The highest BCUT2D eigenvalue weighted by atomic mass is 16.3. The summed E-state index contributed by atoms with van der Waals surface area (Å²) in [5.74, 6) is 0. The highest BCUT2D eigenvalue weighted by Gasteiger charge is 2.46. The minimum Gasteiger partial charge on any atom is -0.456 e. The maximum atomic E-state index is 6.16. The van der Waals surface area contributed by atoms with E-state index in [1.54, 1.807) is 0 Å². The molecule has 276 valence electrons. The molecule has 1 unspecified atom stereocenters. The van der Waals surface area contributed by atoms with Crippen molar-refractivity contribution in [2.24, 2.45) is 0 Å². The molecule has 0 aliphatic heterocycles. The van der Waals surface area contributed by atoms with E-state index in [0.717, 1.165) is 55.7 Å². The summed E-state index contributed by atoms with van der Waals surface area (Å²) in [6.07, 6.45) is 8.19. The molecule has 0 N–H and O–H groups in total. The van der Waals surface area contributed by atoms with Crippen LogP contribution in [0.3, 0.4) is 0 Å². The smallest absolute Gasteiger partial charge is 0.135 e. The van der Waals surface area contributed by atoms with Gasteiger partial charge in [-0.1, -0.05) is 182 Å². The largest absolute Gasteiger partial charge is 0.456 e. The van der Waals surface area contributed by atoms with Crippen LogP contribution in [0.1, 0.15) is 23.6 Å². The molecular formula is C56H41NO. The first-order valence-corrected chi connectivity index (χ1v) is 19.9. The Kier molecular flexibility index (Phi) is 8.81. The lowest BCUT2D eigenvalue weighted by Gasteiger charge is -2.35. The molecule has 1 heterocycles. The van der Waals surface area contributed by atoms with E-state index >= 15 is 0 Å². The number of rotatable bonds is 9. The summed E-state index contributed by atoms with van der Waals surface area (Å²) in [6, 6.07) is 70.1. The van der Waals surface area contributed by atoms with Crippen molar-refractivity contribution in [1.29, 1.82) is 0 Å². The van der Waals surface area contributed by atoms with Crippen LogP contribution in [0.2, 0.25) is 0 Å². The molecule has 1 aliphatic carbocycles. The van der Waals surface area contributed by atoms with Crippen molar-refractivity contribution in [3.63, 3.8) is 0 Å². The maximum absolute atomic E-state index is 6.16. The average Bonchev–Trinajstić information content (AvgIpc) is 3.81. The van der Waals surface area contributed by atoms with Gasteiger partial charge in [0.05, 0.1) is 11.1 Å². The highest BCUT2D eigenvalue weighted by molar-refractivity contribution is 6.06. The van der Waals surface area contributed by atoms with Gasteiger partial charge in [0, 0.05) is 27.7 Å².